The first-order valence-electron chi connectivity index (χ1n) is 10.5. The van der Waals surface area contributed by atoms with Crippen molar-refractivity contribution in [1.82, 2.24) is 0 Å². The molecule has 0 saturated heterocycles. The summed E-state index contributed by atoms with van der Waals surface area (Å²) in [6.45, 7) is -0.0700. The van der Waals surface area contributed by atoms with Gasteiger partial charge in [-0.25, -0.2) is 4.79 Å². The molecule has 35 heavy (non-hydrogen) atoms. The van der Waals surface area contributed by atoms with E-state index < -0.39 is 17.3 Å². The van der Waals surface area contributed by atoms with E-state index in [1.54, 1.807) is 79.9 Å². The van der Waals surface area contributed by atoms with E-state index in [9.17, 15) is 19.5 Å². The van der Waals surface area contributed by atoms with Crippen molar-refractivity contribution < 1.29 is 29.0 Å². The molecule has 0 spiro atoms. The van der Waals surface area contributed by atoms with Gasteiger partial charge in [-0.15, -0.1) is 11.8 Å². The molecule has 0 radical (unpaired) electrons. The number of hydrogen-bond acceptors (Lipinski definition) is 6. The van der Waals surface area contributed by atoms with Crippen LogP contribution in [0, 0.1) is 0 Å². The number of benzene rings is 3. The Hall–Kier alpha value is -3.69. The molecule has 3 aromatic carbocycles. The third-order valence-corrected chi connectivity index (χ3v) is 6.24. The molecule has 1 atom stereocenters. The molecule has 0 heterocycles. The van der Waals surface area contributed by atoms with Crippen molar-refractivity contribution in [1.29, 1.82) is 0 Å². The lowest BCUT2D eigenvalue weighted by Crippen LogP contribution is -2.21. The van der Waals surface area contributed by atoms with Gasteiger partial charge in [-0.2, -0.15) is 0 Å². The highest BCUT2D eigenvalue weighted by Crippen LogP contribution is 2.27. The van der Waals surface area contributed by atoms with Crippen molar-refractivity contribution in [2.45, 2.75) is 16.6 Å². The van der Waals surface area contributed by atoms with Crippen LogP contribution in [0.5, 0.6) is 5.75 Å². The second-order valence-electron chi connectivity index (χ2n) is 7.21. The molecule has 0 bridgehead atoms. The SMILES string of the molecule is COc1ccc(C(=O)Nc2ccc(SC(CCOC(=O)Nc3ccc(Cl)cc3)C(=O)O)cc2)cc1. The number of carboxylic acids is 1. The summed E-state index contributed by atoms with van der Waals surface area (Å²) in [5.74, 6) is -0.636. The Morgan fingerprint density at radius 3 is 2.11 bits per heavy atom. The van der Waals surface area contributed by atoms with Gasteiger partial charge in [0, 0.05) is 33.3 Å². The zero-order valence-electron chi connectivity index (χ0n) is 18.7. The van der Waals surface area contributed by atoms with Crippen LogP contribution in [0.4, 0.5) is 16.2 Å². The minimum Gasteiger partial charge on any atom is -0.497 e. The van der Waals surface area contributed by atoms with Gasteiger partial charge < -0.3 is 19.9 Å². The number of anilines is 2. The number of hydrogen-bond donors (Lipinski definition) is 3. The molecule has 0 fully saturated rings. The summed E-state index contributed by atoms with van der Waals surface area (Å²) in [6, 6.07) is 20.1. The number of ether oxygens (including phenoxy) is 2. The number of rotatable bonds is 10. The maximum atomic E-state index is 12.4. The van der Waals surface area contributed by atoms with Gasteiger partial charge >= 0.3 is 12.1 Å². The molecule has 0 aliphatic rings. The van der Waals surface area contributed by atoms with Gasteiger partial charge in [-0.3, -0.25) is 14.9 Å². The van der Waals surface area contributed by atoms with Gasteiger partial charge in [0.15, 0.2) is 0 Å². The van der Waals surface area contributed by atoms with Crippen molar-refractivity contribution in [3.8, 4) is 5.75 Å². The molecule has 3 rings (SSSR count). The third-order valence-electron chi connectivity index (χ3n) is 4.72. The van der Waals surface area contributed by atoms with Crippen molar-refractivity contribution in [2.24, 2.45) is 0 Å². The minimum atomic E-state index is -1.02. The van der Waals surface area contributed by atoms with Crippen LogP contribution in [0.1, 0.15) is 16.8 Å². The fourth-order valence-electron chi connectivity index (χ4n) is 2.91. The first kappa shape index (κ1) is 25.9. The summed E-state index contributed by atoms with van der Waals surface area (Å²) < 4.78 is 10.2. The number of carbonyl (C=O) groups excluding carboxylic acids is 2. The Labute approximate surface area is 211 Å². The molecular formula is C25H23ClN2O6S. The molecule has 3 aromatic rings. The lowest BCUT2D eigenvalue weighted by Gasteiger charge is -2.13. The van der Waals surface area contributed by atoms with Crippen molar-refractivity contribution in [3.05, 3.63) is 83.4 Å². The number of carbonyl (C=O) groups is 3. The predicted molar refractivity (Wildman–Crippen MR) is 136 cm³/mol. The van der Waals surface area contributed by atoms with Crippen LogP contribution in [0.15, 0.2) is 77.7 Å². The number of aliphatic carboxylic acids is 1. The van der Waals surface area contributed by atoms with Crippen molar-refractivity contribution >= 4 is 52.7 Å². The highest BCUT2D eigenvalue weighted by Gasteiger charge is 2.20. The maximum absolute atomic E-state index is 12.4. The molecule has 0 aromatic heterocycles. The smallest absolute Gasteiger partial charge is 0.411 e. The molecule has 2 amide bonds. The van der Waals surface area contributed by atoms with Crippen LogP contribution in [0.25, 0.3) is 0 Å². The van der Waals surface area contributed by atoms with Gasteiger partial charge in [0.2, 0.25) is 0 Å². The zero-order valence-corrected chi connectivity index (χ0v) is 20.3. The summed E-state index contributed by atoms with van der Waals surface area (Å²) in [5.41, 5.74) is 1.57. The van der Waals surface area contributed by atoms with Crippen LogP contribution in [0.3, 0.4) is 0 Å². The van der Waals surface area contributed by atoms with Crippen LogP contribution in [0.2, 0.25) is 5.02 Å². The van der Waals surface area contributed by atoms with E-state index in [2.05, 4.69) is 10.6 Å². The van der Waals surface area contributed by atoms with E-state index in [-0.39, 0.29) is 18.9 Å². The largest absolute Gasteiger partial charge is 0.497 e. The zero-order chi connectivity index (χ0) is 25.2. The van der Waals surface area contributed by atoms with Gasteiger partial charge in [0.25, 0.3) is 5.91 Å². The van der Waals surface area contributed by atoms with Crippen LogP contribution in [-0.4, -0.2) is 42.0 Å². The second kappa shape index (κ2) is 12.7. The molecule has 0 aliphatic carbocycles. The summed E-state index contributed by atoms with van der Waals surface area (Å²) in [7, 11) is 1.55. The van der Waals surface area contributed by atoms with Crippen molar-refractivity contribution in [2.75, 3.05) is 24.4 Å². The van der Waals surface area contributed by atoms with Crippen LogP contribution < -0.4 is 15.4 Å². The van der Waals surface area contributed by atoms with E-state index in [1.807, 2.05) is 0 Å². The van der Waals surface area contributed by atoms with Crippen molar-refractivity contribution in [3.63, 3.8) is 0 Å². The minimum absolute atomic E-state index is 0.0700. The number of methoxy groups -OCH3 is 1. The number of thioether (sulfide) groups is 1. The quantitative estimate of drug-likeness (QED) is 0.293. The summed E-state index contributed by atoms with van der Waals surface area (Å²) in [6.07, 6.45) is -0.567. The molecule has 0 aliphatic heterocycles. The third kappa shape index (κ3) is 8.24. The Kier molecular flexibility index (Phi) is 9.39. The molecule has 10 heteroatoms. The molecule has 3 N–H and O–H groups in total. The highest BCUT2D eigenvalue weighted by molar-refractivity contribution is 8.00. The second-order valence-corrected chi connectivity index (χ2v) is 8.92. The van der Waals surface area contributed by atoms with Crippen LogP contribution in [-0.2, 0) is 9.53 Å². The van der Waals surface area contributed by atoms with E-state index in [1.165, 1.54) is 0 Å². The van der Waals surface area contributed by atoms with Crippen LogP contribution >= 0.6 is 23.4 Å². The van der Waals surface area contributed by atoms with E-state index in [4.69, 9.17) is 21.1 Å². The Morgan fingerprint density at radius 1 is 0.914 bits per heavy atom. The monoisotopic (exact) mass is 514 g/mol. The molecular weight excluding hydrogens is 492 g/mol. The number of carboxylic acid groups (broad SMARTS) is 1. The fourth-order valence-corrected chi connectivity index (χ4v) is 3.97. The van der Waals surface area contributed by atoms with E-state index in [0.717, 1.165) is 11.8 Å². The molecule has 0 saturated carbocycles. The Bertz CT molecular complexity index is 1150. The average Bonchev–Trinajstić information content (AvgIpc) is 2.86. The standard InChI is InChI=1S/C25H23ClN2O6S/c1-33-20-10-2-16(3-11-20)23(29)27-18-8-12-21(13-9-18)35-22(24(30)31)14-15-34-25(32)28-19-6-4-17(26)5-7-19/h2-13,22H,14-15H2,1H3,(H,27,29)(H,28,32)(H,30,31). The molecule has 182 valence electrons. The number of halogens is 1. The maximum Gasteiger partial charge on any atom is 0.411 e. The molecule has 8 nitrogen and oxygen atoms in total. The van der Waals surface area contributed by atoms with E-state index >= 15 is 0 Å². The number of amides is 2. The van der Waals surface area contributed by atoms with Gasteiger partial charge in [0.1, 0.15) is 11.0 Å². The van der Waals surface area contributed by atoms with Gasteiger partial charge in [0.05, 0.1) is 13.7 Å². The topological polar surface area (TPSA) is 114 Å². The Balaban J connectivity index is 1.48. The number of nitrogens with one attached hydrogen (secondary N) is 2. The first-order chi connectivity index (χ1) is 16.8. The fraction of sp³-hybridized carbons (Fsp3) is 0.160. The predicted octanol–water partition coefficient (Wildman–Crippen LogP) is 5.79. The average molecular weight is 515 g/mol. The highest BCUT2D eigenvalue weighted by atomic mass is 35.5. The summed E-state index contributed by atoms with van der Waals surface area (Å²) in [4.78, 5) is 36.6. The first-order valence-corrected chi connectivity index (χ1v) is 11.7. The van der Waals surface area contributed by atoms with Gasteiger partial charge in [-0.1, -0.05) is 11.6 Å². The summed E-state index contributed by atoms with van der Waals surface area (Å²) >= 11 is 6.93. The molecule has 1 unspecified atom stereocenters. The Morgan fingerprint density at radius 2 is 1.51 bits per heavy atom. The summed E-state index contributed by atoms with van der Waals surface area (Å²) in [5, 5.41) is 14.6. The van der Waals surface area contributed by atoms with E-state index in [0.29, 0.717) is 32.6 Å². The lowest BCUT2D eigenvalue weighted by atomic mass is 10.2. The van der Waals surface area contributed by atoms with Gasteiger partial charge in [-0.05, 0) is 72.8 Å². The normalized spacial score (nSPS) is 11.3. The lowest BCUT2D eigenvalue weighted by molar-refractivity contribution is -0.136.